The van der Waals surface area contributed by atoms with E-state index in [1.807, 2.05) is 24.3 Å². The van der Waals surface area contributed by atoms with Crippen LogP contribution < -0.4 is 0 Å². The topological polar surface area (TPSA) is 65.0 Å². The second-order valence-corrected chi connectivity index (χ2v) is 6.81. The summed E-state index contributed by atoms with van der Waals surface area (Å²) in [5.41, 5.74) is 2.88. The van der Waals surface area contributed by atoms with Crippen molar-refractivity contribution < 1.29 is 8.94 Å². The normalized spacial score (nSPS) is 11.1. The van der Waals surface area contributed by atoms with Gasteiger partial charge in [-0.1, -0.05) is 30.3 Å². The summed E-state index contributed by atoms with van der Waals surface area (Å²) in [5.74, 6) is 1.40. The van der Waals surface area contributed by atoms with Crippen molar-refractivity contribution in [3.8, 4) is 34.3 Å². The summed E-state index contributed by atoms with van der Waals surface area (Å²) < 4.78 is 11.4. The number of furan rings is 1. The van der Waals surface area contributed by atoms with Gasteiger partial charge >= 0.3 is 0 Å². The van der Waals surface area contributed by atoms with Crippen molar-refractivity contribution in [1.29, 1.82) is 0 Å². The molecule has 3 heterocycles. The van der Waals surface area contributed by atoms with Crippen molar-refractivity contribution in [3.63, 3.8) is 0 Å². The number of nitrogens with zero attached hydrogens (tertiary/aromatic N) is 3. The van der Waals surface area contributed by atoms with Gasteiger partial charge in [0.05, 0.1) is 10.7 Å². The molecule has 0 aliphatic rings. The maximum Gasteiger partial charge on any atom is 0.293 e. The average Bonchev–Trinajstić information content (AvgIpc) is 3.35. The van der Waals surface area contributed by atoms with Gasteiger partial charge in [0.1, 0.15) is 0 Å². The van der Waals surface area contributed by atoms with Gasteiger partial charge in [-0.05, 0) is 40.5 Å². The molecule has 0 saturated carbocycles. The smallest absolute Gasteiger partial charge is 0.293 e. The Hall–Kier alpha value is -2.25. The predicted molar refractivity (Wildman–Crippen MR) is 95.6 cm³/mol. The molecule has 0 aliphatic carbocycles. The lowest BCUT2D eigenvalue weighted by atomic mass is 10.1. The molecule has 7 heteroatoms. The van der Waals surface area contributed by atoms with Gasteiger partial charge in [0.2, 0.25) is 5.82 Å². The van der Waals surface area contributed by atoms with E-state index in [1.54, 1.807) is 23.5 Å². The van der Waals surface area contributed by atoms with Gasteiger partial charge < -0.3 is 8.94 Å². The highest BCUT2D eigenvalue weighted by Gasteiger charge is 2.14. The Bertz CT molecular complexity index is 989. The van der Waals surface area contributed by atoms with E-state index in [-0.39, 0.29) is 0 Å². The summed E-state index contributed by atoms with van der Waals surface area (Å²) in [6, 6.07) is 11.5. The summed E-state index contributed by atoms with van der Waals surface area (Å²) in [5, 5.41) is 7.24. The van der Waals surface area contributed by atoms with Gasteiger partial charge in [-0.15, -0.1) is 11.3 Å². The van der Waals surface area contributed by atoms with Crippen LogP contribution in [0.1, 0.15) is 11.9 Å². The molecule has 5 nitrogen and oxygen atoms in total. The van der Waals surface area contributed by atoms with Crippen LogP contribution in [-0.4, -0.2) is 15.1 Å². The molecule has 0 amide bonds. The molecule has 0 fully saturated rings. The molecule has 0 radical (unpaired) electrons. The summed E-state index contributed by atoms with van der Waals surface area (Å²) in [6.45, 7) is 2.10. The first kappa shape index (κ1) is 15.3. The van der Waals surface area contributed by atoms with Crippen molar-refractivity contribution in [3.05, 3.63) is 51.5 Å². The Morgan fingerprint density at radius 1 is 1.12 bits per heavy atom. The molecule has 3 aromatic heterocycles. The van der Waals surface area contributed by atoms with Gasteiger partial charge in [0, 0.05) is 16.5 Å². The van der Waals surface area contributed by atoms with Crippen LogP contribution in [0.15, 0.2) is 55.4 Å². The second kappa shape index (κ2) is 6.33. The fraction of sp³-hybridized carbons (Fsp3) is 0.118. The molecule has 0 atom stereocenters. The van der Waals surface area contributed by atoms with Crippen LogP contribution in [0, 0.1) is 0 Å². The number of hydrogen-bond acceptors (Lipinski definition) is 6. The number of rotatable bonds is 4. The number of aromatic nitrogens is 3. The Morgan fingerprint density at radius 2 is 2.00 bits per heavy atom. The first-order valence-corrected chi connectivity index (χ1v) is 9.05. The Kier molecular flexibility index (Phi) is 4.03. The Balaban J connectivity index is 1.67. The van der Waals surface area contributed by atoms with Crippen LogP contribution in [0.4, 0.5) is 0 Å². The SMILES string of the molecule is CCc1nc(-c2cccc(-c3noc(-c4ccc(Br)o4)n3)c2)cs1. The van der Waals surface area contributed by atoms with Gasteiger partial charge in [0.15, 0.2) is 10.4 Å². The minimum absolute atomic E-state index is 0.350. The molecule has 0 bridgehead atoms. The molecule has 4 rings (SSSR count). The molecule has 0 unspecified atom stereocenters. The third kappa shape index (κ3) is 2.92. The number of aryl methyl sites for hydroxylation is 1. The van der Waals surface area contributed by atoms with Crippen LogP contribution in [-0.2, 0) is 6.42 Å². The third-order valence-electron chi connectivity index (χ3n) is 3.48. The number of benzene rings is 1. The fourth-order valence-corrected chi connectivity index (χ4v) is 3.35. The van der Waals surface area contributed by atoms with Gasteiger partial charge in [-0.3, -0.25) is 0 Å². The first-order chi connectivity index (χ1) is 11.7. The largest absolute Gasteiger partial charge is 0.444 e. The zero-order valence-electron chi connectivity index (χ0n) is 12.7. The highest BCUT2D eigenvalue weighted by Crippen LogP contribution is 2.29. The fourth-order valence-electron chi connectivity index (χ4n) is 2.29. The highest BCUT2D eigenvalue weighted by atomic mass is 79.9. The summed E-state index contributed by atoms with van der Waals surface area (Å²) in [7, 11) is 0. The maximum atomic E-state index is 5.44. The lowest BCUT2D eigenvalue weighted by Gasteiger charge is -1.99. The monoisotopic (exact) mass is 401 g/mol. The van der Waals surface area contributed by atoms with E-state index in [1.165, 1.54) is 0 Å². The molecule has 1 aromatic carbocycles. The minimum atomic E-state index is 0.350. The molecular formula is C17H12BrN3O2S. The van der Waals surface area contributed by atoms with Crippen LogP contribution in [0.3, 0.4) is 0 Å². The summed E-state index contributed by atoms with van der Waals surface area (Å²) >= 11 is 4.93. The van der Waals surface area contributed by atoms with E-state index in [0.717, 1.165) is 28.2 Å². The van der Waals surface area contributed by atoms with Crippen molar-refractivity contribution in [2.45, 2.75) is 13.3 Å². The molecule has 0 spiro atoms. The summed E-state index contributed by atoms with van der Waals surface area (Å²) in [6.07, 6.45) is 0.942. The van der Waals surface area contributed by atoms with Crippen LogP contribution in [0.2, 0.25) is 0 Å². The molecule has 0 saturated heterocycles. The first-order valence-electron chi connectivity index (χ1n) is 7.37. The lowest BCUT2D eigenvalue weighted by Crippen LogP contribution is -1.84. The minimum Gasteiger partial charge on any atom is -0.444 e. The van der Waals surface area contributed by atoms with Crippen LogP contribution in [0.25, 0.3) is 34.3 Å². The predicted octanol–water partition coefficient (Wildman–Crippen LogP) is 5.45. The number of thiazole rings is 1. The highest BCUT2D eigenvalue weighted by molar-refractivity contribution is 9.10. The molecule has 24 heavy (non-hydrogen) atoms. The Labute approximate surface area is 150 Å². The Morgan fingerprint density at radius 3 is 2.75 bits per heavy atom. The maximum absolute atomic E-state index is 5.44. The van der Waals surface area contributed by atoms with Gasteiger partial charge in [0.25, 0.3) is 5.89 Å². The zero-order valence-corrected chi connectivity index (χ0v) is 15.1. The van der Waals surface area contributed by atoms with Gasteiger partial charge in [-0.2, -0.15) is 4.98 Å². The molecule has 0 N–H and O–H groups in total. The van der Waals surface area contributed by atoms with E-state index in [2.05, 4.69) is 43.4 Å². The molecule has 120 valence electrons. The average molecular weight is 402 g/mol. The van der Waals surface area contributed by atoms with Crippen molar-refractivity contribution in [2.75, 3.05) is 0 Å². The van der Waals surface area contributed by atoms with E-state index in [4.69, 9.17) is 8.94 Å². The van der Waals surface area contributed by atoms with E-state index < -0.39 is 0 Å². The van der Waals surface area contributed by atoms with Crippen molar-refractivity contribution in [1.82, 2.24) is 15.1 Å². The van der Waals surface area contributed by atoms with E-state index >= 15 is 0 Å². The van der Waals surface area contributed by atoms with Crippen LogP contribution >= 0.6 is 27.3 Å². The second-order valence-electron chi connectivity index (χ2n) is 5.09. The van der Waals surface area contributed by atoms with E-state index in [0.29, 0.717) is 22.1 Å². The molecular weight excluding hydrogens is 390 g/mol. The molecule has 4 aromatic rings. The van der Waals surface area contributed by atoms with Crippen molar-refractivity contribution in [2.24, 2.45) is 0 Å². The molecule has 0 aliphatic heterocycles. The lowest BCUT2D eigenvalue weighted by molar-refractivity contribution is 0.414. The van der Waals surface area contributed by atoms with Crippen molar-refractivity contribution >= 4 is 27.3 Å². The van der Waals surface area contributed by atoms with Gasteiger partial charge in [-0.25, -0.2) is 4.98 Å². The number of hydrogen-bond donors (Lipinski definition) is 0. The van der Waals surface area contributed by atoms with Crippen LogP contribution in [0.5, 0.6) is 0 Å². The quantitative estimate of drug-likeness (QED) is 0.455. The number of halogens is 1. The third-order valence-corrected chi connectivity index (χ3v) is 4.90. The summed E-state index contributed by atoms with van der Waals surface area (Å²) in [4.78, 5) is 9.03. The van der Waals surface area contributed by atoms with E-state index in [9.17, 15) is 0 Å². The zero-order chi connectivity index (χ0) is 16.5. The standard InChI is InChI=1S/C17H12BrN3O2S/c1-2-15-19-12(9-24-15)10-4-3-5-11(8-10)16-20-17(23-21-16)13-6-7-14(18)22-13/h3-9H,2H2,1H3.